The molecule has 1 rings (SSSR count). The molecule has 1 unspecified atom stereocenters. The Morgan fingerprint density at radius 1 is 1.23 bits per heavy atom. The highest BCUT2D eigenvalue weighted by Crippen LogP contribution is 2.06. The van der Waals surface area contributed by atoms with Crippen molar-refractivity contribution in [3.05, 3.63) is 23.9 Å². The van der Waals surface area contributed by atoms with Crippen molar-refractivity contribution in [1.82, 2.24) is 15.6 Å². The Hall–Kier alpha value is -1.38. The van der Waals surface area contributed by atoms with Crippen molar-refractivity contribution in [3.63, 3.8) is 0 Å². The van der Waals surface area contributed by atoms with Crippen LogP contribution in [0.2, 0.25) is 0 Å². The molecule has 148 valence electrons. The summed E-state index contributed by atoms with van der Waals surface area (Å²) in [6, 6.07) is 5.91. The number of hydrogen-bond donors (Lipinski definition) is 3. The van der Waals surface area contributed by atoms with Crippen LogP contribution in [-0.2, 0) is 4.79 Å². The Balaban J connectivity index is 0.00000625. The molecule has 3 N–H and O–H groups in total. The van der Waals surface area contributed by atoms with E-state index in [1.54, 1.807) is 6.07 Å². The monoisotopic (exact) mass is 475 g/mol. The van der Waals surface area contributed by atoms with E-state index in [1.807, 2.05) is 26.0 Å². The van der Waals surface area contributed by atoms with E-state index >= 15 is 0 Å². The van der Waals surface area contributed by atoms with Crippen LogP contribution in [0.15, 0.2) is 23.2 Å². The minimum absolute atomic E-state index is 0. The molecule has 0 aliphatic heterocycles. The third-order valence-electron chi connectivity index (χ3n) is 3.67. The number of anilines is 1. The zero-order chi connectivity index (χ0) is 18.7. The molecule has 0 saturated heterocycles. The van der Waals surface area contributed by atoms with Crippen LogP contribution in [0.5, 0.6) is 0 Å². The average molecular weight is 475 g/mol. The van der Waals surface area contributed by atoms with Gasteiger partial charge in [0.2, 0.25) is 5.91 Å². The Labute approximate surface area is 175 Å². The van der Waals surface area contributed by atoms with E-state index in [1.165, 1.54) is 6.42 Å². The van der Waals surface area contributed by atoms with Gasteiger partial charge in [0, 0.05) is 24.7 Å². The molecule has 0 fully saturated rings. The van der Waals surface area contributed by atoms with Gasteiger partial charge in [0.25, 0.3) is 0 Å². The number of rotatable bonds is 9. The smallest absolute Gasteiger partial charge is 0.227 e. The number of hydrogen-bond acceptors (Lipinski definition) is 3. The highest BCUT2D eigenvalue weighted by molar-refractivity contribution is 14.0. The number of guanidine groups is 1. The Morgan fingerprint density at radius 2 is 1.96 bits per heavy atom. The molecule has 0 aliphatic carbocycles. The van der Waals surface area contributed by atoms with Gasteiger partial charge < -0.3 is 16.0 Å². The molecule has 7 heteroatoms. The summed E-state index contributed by atoms with van der Waals surface area (Å²) in [4.78, 5) is 20.8. The van der Waals surface area contributed by atoms with E-state index in [2.05, 4.69) is 46.7 Å². The summed E-state index contributed by atoms with van der Waals surface area (Å²) in [5, 5.41) is 9.43. The molecule has 6 nitrogen and oxygen atoms in total. The quantitative estimate of drug-likeness (QED) is 0.289. The summed E-state index contributed by atoms with van der Waals surface area (Å²) >= 11 is 0. The molecule has 1 atom stereocenters. The average Bonchev–Trinajstić information content (AvgIpc) is 2.53. The summed E-state index contributed by atoms with van der Waals surface area (Å²) in [5.41, 5.74) is 0.879. The number of halogens is 1. The number of nitrogens with one attached hydrogen (secondary N) is 3. The summed E-state index contributed by atoms with van der Waals surface area (Å²) in [5.74, 6) is 1.97. The fraction of sp³-hybridized carbons (Fsp3) is 0.632. The molecule has 0 bridgehead atoms. The number of aromatic nitrogens is 1. The number of nitrogens with zero attached hydrogens (tertiary/aromatic N) is 2. The van der Waals surface area contributed by atoms with Crippen LogP contribution < -0.4 is 16.0 Å². The lowest BCUT2D eigenvalue weighted by Crippen LogP contribution is -2.42. The minimum atomic E-state index is -0.0782. The highest BCUT2D eigenvalue weighted by Gasteiger charge is 2.07. The van der Waals surface area contributed by atoms with E-state index < -0.39 is 0 Å². The summed E-state index contributed by atoms with van der Waals surface area (Å²) in [6.07, 6.45) is 2.60. The number of carbonyl (C=O) groups excluding carboxylic acids is 1. The van der Waals surface area contributed by atoms with Crippen molar-refractivity contribution >= 4 is 41.7 Å². The van der Waals surface area contributed by atoms with Crippen LogP contribution in [0.3, 0.4) is 0 Å². The van der Waals surface area contributed by atoms with Crippen molar-refractivity contribution in [2.45, 2.75) is 59.9 Å². The van der Waals surface area contributed by atoms with Crippen LogP contribution >= 0.6 is 24.0 Å². The fourth-order valence-electron chi connectivity index (χ4n) is 2.30. The number of pyridine rings is 1. The van der Waals surface area contributed by atoms with Gasteiger partial charge in [0.05, 0.1) is 6.54 Å². The molecule has 0 spiro atoms. The molecule has 1 heterocycles. The summed E-state index contributed by atoms with van der Waals surface area (Å²) in [7, 11) is 0. The SMILES string of the molecule is CCNC(=NCCC(=O)Nc1cccc(C)n1)NC(C)CCC(C)C.I. The number of aliphatic imine (C=N–C) groups is 1. The Morgan fingerprint density at radius 3 is 2.58 bits per heavy atom. The van der Waals surface area contributed by atoms with Crippen molar-refractivity contribution in [1.29, 1.82) is 0 Å². The fourth-order valence-corrected chi connectivity index (χ4v) is 2.30. The van der Waals surface area contributed by atoms with Gasteiger partial charge in [0.15, 0.2) is 5.96 Å². The van der Waals surface area contributed by atoms with Crippen LogP contribution in [0.1, 0.15) is 52.7 Å². The van der Waals surface area contributed by atoms with Gasteiger partial charge in [-0.1, -0.05) is 19.9 Å². The van der Waals surface area contributed by atoms with Gasteiger partial charge in [-0.3, -0.25) is 9.79 Å². The number of carbonyl (C=O) groups is 1. The van der Waals surface area contributed by atoms with Gasteiger partial charge in [0.1, 0.15) is 5.82 Å². The van der Waals surface area contributed by atoms with E-state index in [0.29, 0.717) is 30.7 Å². The second kappa shape index (κ2) is 13.8. The van der Waals surface area contributed by atoms with Gasteiger partial charge in [-0.15, -0.1) is 24.0 Å². The van der Waals surface area contributed by atoms with E-state index in [0.717, 1.165) is 24.6 Å². The zero-order valence-corrected chi connectivity index (χ0v) is 19.0. The second-order valence-electron chi connectivity index (χ2n) is 6.74. The predicted octanol–water partition coefficient (Wildman–Crippen LogP) is 3.72. The molecular formula is C19H34IN5O. The topological polar surface area (TPSA) is 78.4 Å². The number of aryl methyl sites for hydroxylation is 1. The van der Waals surface area contributed by atoms with Crippen molar-refractivity contribution in [2.24, 2.45) is 10.9 Å². The first-order chi connectivity index (χ1) is 11.9. The predicted molar refractivity (Wildman–Crippen MR) is 120 cm³/mol. The second-order valence-corrected chi connectivity index (χ2v) is 6.74. The first kappa shape index (κ1) is 24.6. The lowest BCUT2D eigenvalue weighted by molar-refractivity contribution is -0.116. The van der Waals surface area contributed by atoms with Gasteiger partial charge >= 0.3 is 0 Å². The van der Waals surface area contributed by atoms with E-state index in [9.17, 15) is 4.79 Å². The maximum absolute atomic E-state index is 12.0. The van der Waals surface area contributed by atoms with Crippen LogP contribution in [0.25, 0.3) is 0 Å². The maximum Gasteiger partial charge on any atom is 0.227 e. The maximum atomic E-state index is 12.0. The van der Waals surface area contributed by atoms with Crippen LogP contribution in [-0.4, -0.2) is 36.0 Å². The van der Waals surface area contributed by atoms with Crippen molar-refractivity contribution in [3.8, 4) is 0 Å². The van der Waals surface area contributed by atoms with E-state index in [4.69, 9.17) is 0 Å². The van der Waals surface area contributed by atoms with E-state index in [-0.39, 0.29) is 29.9 Å². The standard InChI is InChI=1S/C19H33N5O.HI/c1-6-20-19(23-16(5)11-10-14(2)3)21-13-12-18(25)24-17-9-7-8-15(4)22-17;/h7-9,14,16H,6,10-13H2,1-5H3,(H2,20,21,23)(H,22,24,25);1H. The van der Waals surface area contributed by atoms with Gasteiger partial charge in [-0.05, 0) is 51.7 Å². The summed E-state index contributed by atoms with van der Waals surface area (Å²) in [6.45, 7) is 11.8. The highest BCUT2D eigenvalue weighted by atomic mass is 127. The third kappa shape index (κ3) is 11.3. The Kier molecular flexibility index (Phi) is 13.0. The third-order valence-corrected chi connectivity index (χ3v) is 3.67. The van der Waals surface area contributed by atoms with Crippen LogP contribution in [0.4, 0.5) is 5.82 Å². The Bertz CT molecular complexity index is 563. The van der Waals surface area contributed by atoms with Crippen LogP contribution in [0, 0.1) is 12.8 Å². The molecule has 0 aromatic carbocycles. The molecule has 1 aromatic rings. The number of amides is 1. The van der Waals surface area contributed by atoms with Crippen molar-refractivity contribution in [2.75, 3.05) is 18.4 Å². The molecule has 0 saturated carbocycles. The molecule has 0 aliphatic rings. The molecular weight excluding hydrogens is 441 g/mol. The van der Waals surface area contributed by atoms with Gasteiger partial charge in [-0.2, -0.15) is 0 Å². The lowest BCUT2D eigenvalue weighted by atomic mass is 10.0. The minimum Gasteiger partial charge on any atom is -0.357 e. The largest absolute Gasteiger partial charge is 0.357 e. The first-order valence-corrected chi connectivity index (χ1v) is 9.19. The lowest BCUT2D eigenvalue weighted by Gasteiger charge is -2.18. The molecule has 26 heavy (non-hydrogen) atoms. The molecule has 1 aromatic heterocycles. The first-order valence-electron chi connectivity index (χ1n) is 9.19. The summed E-state index contributed by atoms with van der Waals surface area (Å²) < 4.78 is 0. The zero-order valence-electron chi connectivity index (χ0n) is 16.6. The van der Waals surface area contributed by atoms with Crippen molar-refractivity contribution < 1.29 is 4.79 Å². The van der Waals surface area contributed by atoms with Gasteiger partial charge in [-0.25, -0.2) is 4.98 Å². The molecule has 0 radical (unpaired) electrons. The normalized spacial score (nSPS) is 12.3. The molecule has 1 amide bonds.